The summed E-state index contributed by atoms with van der Waals surface area (Å²) < 4.78 is 22.8. The summed E-state index contributed by atoms with van der Waals surface area (Å²) in [6.45, 7) is 5.64. The van der Waals surface area contributed by atoms with E-state index in [1.54, 1.807) is 26.4 Å². The summed E-state index contributed by atoms with van der Waals surface area (Å²) in [6.07, 6.45) is 6.55. The smallest absolute Gasteiger partial charge is 0.193 e. The number of carbonyl (C=O) groups excluding carboxylic acids is 1. The Morgan fingerprint density at radius 2 is 1.41 bits per heavy atom. The van der Waals surface area contributed by atoms with Crippen molar-refractivity contribution < 1.29 is 23.7 Å². The van der Waals surface area contributed by atoms with Crippen molar-refractivity contribution in [3.8, 4) is 23.0 Å². The maximum absolute atomic E-state index is 13.2. The first kappa shape index (κ1) is 28.4. The van der Waals surface area contributed by atoms with Crippen molar-refractivity contribution in [2.75, 3.05) is 27.4 Å². The van der Waals surface area contributed by atoms with Crippen LogP contribution in [0.4, 0.5) is 0 Å². The largest absolute Gasteiger partial charge is 0.496 e. The van der Waals surface area contributed by atoms with Crippen molar-refractivity contribution in [1.82, 2.24) is 0 Å². The Balaban J connectivity index is 0.00000512. The van der Waals surface area contributed by atoms with Gasteiger partial charge < -0.3 is 18.9 Å². The van der Waals surface area contributed by atoms with E-state index in [4.69, 9.17) is 18.9 Å². The molecule has 0 aliphatic rings. The minimum Gasteiger partial charge on any atom is -0.496 e. The molecule has 171 valence electrons. The minimum absolute atomic E-state index is 0. The number of benzene rings is 2. The molecule has 0 amide bonds. The van der Waals surface area contributed by atoms with Crippen LogP contribution in [0.5, 0.6) is 23.0 Å². The molecule has 7 heteroatoms. The molecule has 5 nitrogen and oxygen atoms in total. The second kappa shape index (κ2) is 16.0. The van der Waals surface area contributed by atoms with Crippen LogP contribution in [-0.4, -0.2) is 51.8 Å². The van der Waals surface area contributed by atoms with Gasteiger partial charge in [0.1, 0.15) is 28.6 Å². The molecule has 0 saturated heterocycles. The van der Waals surface area contributed by atoms with Crippen LogP contribution < -0.4 is 24.3 Å². The fourth-order valence-corrected chi connectivity index (χ4v) is 4.20. The van der Waals surface area contributed by atoms with Gasteiger partial charge in [0.05, 0.1) is 27.4 Å². The zero-order valence-corrected chi connectivity index (χ0v) is 21.2. The average Bonchev–Trinajstić information content (AvgIpc) is 2.80. The molecule has 2 aromatic carbocycles. The van der Waals surface area contributed by atoms with Gasteiger partial charge in [0.15, 0.2) is 5.52 Å². The van der Waals surface area contributed by atoms with Crippen LogP contribution in [0.3, 0.4) is 0 Å². The van der Waals surface area contributed by atoms with E-state index < -0.39 is 0 Å². The number of ether oxygens (including phenoxy) is 4. The first-order valence-electron chi connectivity index (χ1n) is 11.1. The van der Waals surface area contributed by atoms with E-state index >= 15 is 0 Å². The number of hydrogen-bond acceptors (Lipinski definition) is 5. The van der Waals surface area contributed by atoms with Crippen molar-refractivity contribution in [2.45, 2.75) is 52.4 Å². The molecule has 0 spiro atoms. The first-order valence-corrected chi connectivity index (χ1v) is 12.1. The number of hydrogen-bond donors (Lipinski definition) is 0. The number of methoxy groups -OCH3 is 2. The van der Waals surface area contributed by atoms with Crippen molar-refractivity contribution in [2.24, 2.45) is 0 Å². The van der Waals surface area contributed by atoms with Crippen molar-refractivity contribution in [3.63, 3.8) is 0 Å². The molecule has 2 rings (SSSR count). The Morgan fingerprint density at radius 1 is 0.812 bits per heavy atom. The molecule has 2 aromatic rings. The molecule has 0 N–H and O–H groups in total. The maximum atomic E-state index is 13.2. The third-order valence-corrected chi connectivity index (χ3v) is 6.04. The Morgan fingerprint density at radius 3 is 1.97 bits per heavy atom. The van der Waals surface area contributed by atoms with Gasteiger partial charge in [-0.2, -0.15) is 0 Å². The van der Waals surface area contributed by atoms with Crippen LogP contribution in [-0.2, 0) is 0 Å². The molecule has 0 bridgehead atoms. The quantitative estimate of drug-likeness (QED) is 0.199. The number of unbranched alkanes of at least 4 members (excludes halogenated alkanes) is 4. The van der Waals surface area contributed by atoms with Gasteiger partial charge in [-0.1, -0.05) is 45.6 Å². The molecule has 0 fully saturated rings. The van der Waals surface area contributed by atoms with Crippen molar-refractivity contribution in [1.29, 1.82) is 0 Å². The van der Waals surface area contributed by atoms with Crippen molar-refractivity contribution >= 4 is 38.3 Å². The Kier molecular flexibility index (Phi) is 14.2. The fourth-order valence-electron chi connectivity index (χ4n) is 3.15. The van der Waals surface area contributed by atoms with Gasteiger partial charge in [-0.15, -0.1) is 0 Å². The van der Waals surface area contributed by atoms with Gasteiger partial charge in [0.25, 0.3) is 0 Å². The van der Waals surface area contributed by atoms with Gasteiger partial charge in [-0.25, -0.2) is 0 Å². The zero-order chi connectivity index (χ0) is 22.5. The number of carbonyl (C=O) groups is 1. The predicted molar refractivity (Wildman–Crippen MR) is 134 cm³/mol. The molecule has 1 unspecified atom stereocenters. The molecular weight excluding hydrogens is 418 g/mol. The Labute approximate surface area is 206 Å². The van der Waals surface area contributed by atoms with E-state index in [0.717, 1.165) is 49.6 Å². The van der Waals surface area contributed by atoms with E-state index in [2.05, 4.69) is 13.8 Å². The third kappa shape index (κ3) is 8.70. The van der Waals surface area contributed by atoms with Gasteiger partial charge in [0.2, 0.25) is 0 Å². The molecule has 32 heavy (non-hydrogen) atoms. The monoisotopic (exact) mass is 453 g/mol. The normalized spacial score (nSPS) is 10.6. The van der Waals surface area contributed by atoms with Crippen LogP contribution in [0, 0.1) is 0 Å². The number of rotatable bonds is 15. The zero-order valence-electron chi connectivity index (χ0n) is 20.2. The molecule has 1 radical (unpaired) electrons. The van der Waals surface area contributed by atoms with Crippen LogP contribution in [0.25, 0.3) is 0 Å². The van der Waals surface area contributed by atoms with Crippen LogP contribution in [0.1, 0.15) is 62.7 Å². The summed E-state index contributed by atoms with van der Waals surface area (Å²) >= 11 is 0. The summed E-state index contributed by atoms with van der Waals surface area (Å²) in [4.78, 5) is 13.2. The van der Waals surface area contributed by atoms with E-state index in [1.165, 1.54) is 0 Å². The fraction of sp³-hybridized carbons (Fsp3) is 0.480. The Hall–Kier alpha value is -1.66. The summed E-state index contributed by atoms with van der Waals surface area (Å²) in [7, 11) is 3.00. The van der Waals surface area contributed by atoms with E-state index in [1.807, 2.05) is 24.3 Å². The molecule has 0 saturated carbocycles. The minimum atomic E-state index is -0.115. The summed E-state index contributed by atoms with van der Waals surface area (Å²) in [5, 5.41) is 0.857. The Bertz CT molecular complexity index is 806. The van der Waals surface area contributed by atoms with Crippen LogP contribution in [0.15, 0.2) is 36.4 Å². The molecule has 0 aliphatic carbocycles. The van der Waals surface area contributed by atoms with Gasteiger partial charge in [-0.05, 0) is 45.7 Å². The second-order valence-corrected chi connectivity index (χ2v) is 8.50. The third-order valence-electron chi connectivity index (χ3n) is 4.88. The SMILES string of the molecule is CCCCCOc1ccc(PC(=O)c2c(OC)cccc2OC)c(OCCCCC)c1.[Li]. The summed E-state index contributed by atoms with van der Waals surface area (Å²) in [5.74, 6) is 2.51. The van der Waals surface area contributed by atoms with E-state index in [-0.39, 0.29) is 33.0 Å². The molecular formula is C25H35LiO5P. The summed E-state index contributed by atoms with van der Waals surface area (Å²) in [6, 6.07) is 11.1. The molecule has 0 aliphatic heterocycles. The van der Waals surface area contributed by atoms with E-state index in [9.17, 15) is 4.79 Å². The topological polar surface area (TPSA) is 54.0 Å². The predicted octanol–water partition coefficient (Wildman–Crippen LogP) is 5.61. The average molecular weight is 453 g/mol. The standard InChI is InChI=1S/C25H35O5P.Li/c1-5-7-9-16-29-19-14-15-23(22(18-19)30-17-10-8-6-2)31-25(26)24-20(27-3)12-11-13-21(24)28-4;/h11-15,18,31H,5-10,16-17H2,1-4H3;. The van der Waals surface area contributed by atoms with Crippen LogP contribution >= 0.6 is 8.58 Å². The van der Waals surface area contributed by atoms with E-state index in [0.29, 0.717) is 36.0 Å². The van der Waals surface area contributed by atoms with Gasteiger partial charge in [-0.3, -0.25) is 4.79 Å². The van der Waals surface area contributed by atoms with Gasteiger partial charge in [0, 0.05) is 30.2 Å². The first-order chi connectivity index (χ1) is 15.1. The maximum Gasteiger partial charge on any atom is 0.193 e. The molecule has 0 aromatic heterocycles. The summed E-state index contributed by atoms with van der Waals surface area (Å²) in [5.41, 5.74) is 0.409. The second-order valence-electron chi connectivity index (χ2n) is 7.26. The molecule has 0 heterocycles. The van der Waals surface area contributed by atoms with Gasteiger partial charge >= 0.3 is 0 Å². The van der Waals surface area contributed by atoms with Crippen LogP contribution in [0.2, 0.25) is 0 Å². The van der Waals surface area contributed by atoms with Crippen molar-refractivity contribution in [3.05, 3.63) is 42.0 Å². The molecule has 1 atom stereocenters.